The van der Waals surface area contributed by atoms with Gasteiger partial charge in [0.1, 0.15) is 0 Å². The molecule has 0 aromatic rings. The summed E-state index contributed by atoms with van der Waals surface area (Å²) in [6.45, 7) is 4.83. The molecule has 0 heterocycles. The molecule has 0 aliphatic rings. The number of ether oxygens (including phenoxy) is 1. The maximum Gasteiger partial charge on any atom is 0.305 e. The fourth-order valence-electron chi connectivity index (χ4n) is 2.10. The number of carboxylic acid groups (broad SMARTS) is 1. The van der Waals surface area contributed by atoms with Crippen LogP contribution >= 0.6 is 0 Å². The number of aliphatic carboxylic acids is 1. The molecule has 132 valence electrons. The Kier molecular flexibility index (Phi) is 14.3. The molecule has 0 aromatic heterocycles. The lowest BCUT2D eigenvalue weighted by molar-refractivity contribution is -0.144. The zero-order valence-electron chi connectivity index (χ0n) is 14.6. The van der Waals surface area contributed by atoms with Crippen LogP contribution in [-0.2, 0) is 14.3 Å². The van der Waals surface area contributed by atoms with E-state index >= 15 is 0 Å². The van der Waals surface area contributed by atoms with Crippen molar-refractivity contribution in [3.8, 4) is 0 Å². The van der Waals surface area contributed by atoms with E-state index in [1.807, 2.05) is 12.2 Å². The van der Waals surface area contributed by atoms with Crippen LogP contribution in [-0.4, -0.2) is 23.7 Å². The zero-order chi connectivity index (χ0) is 17.3. The lowest BCUT2D eigenvalue weighted by atomic mass is 10.0. The molecular weight excluding hydrogens is 292 g/mol. The van der Waals surface area contributed by atoms with Crippen molar-refractivity contribution < 1.29 is 19.4 Å². The Morgan fingerprint density at radius 1 is 1.09 bits per heavy atom. The van der Waals surface area contributed by atoms with Crippen molar-refractivity contribution in [2.75, 3.05) is 6.61 Å². The molecule has 0 saturated carbocycles. The van der Waals surface area contributed by atoms with Gasteiger partial charge in [0.25, 0.3) is 0 Å². The Balaban J connectivity index is 3.55. The Morgan fingerprint density at radius 2 is 1.83 bits per heavy atom. The second-order valence-corrected chi connectivity index (χ2v) is 5.90. The SMILES string of the molecule is CCCCC[C@H](C)/C=C/C=C\CCOC(=O)CCCCC(=O)O. The molecule has 4 heteroatoms. The Hall–Kier alpha value is -1.58. The van der Waals surface area contributed by atoms with E-state index in [0.717, 1.165) is 0 Å². The quantitative estimate of drug-likeness (QED) is 0.280. The van der Waals surface area contributed by atoms with Crippen LogP contribution in [0, 0.1) is 5.92 Å². The predicted octanol–water partition coefficient (Wildman–Crippen LogP) is 4.89. The van der Waals surface area contributed by atoms with Gasteiger partial charge in [0, 0.05) is 12.8 Å². The smallest absolute Gasteiger partial charge is 0.305 e. The number of rotatable bonds is 14. The first-order valence-corrected chi connectivity index (χ1v) is 8.77. The molecule has 0 amide bonds. The molecule has 4 nitrogen and oxygen atoms in total. The third-order valence-corrected chi connectivity index (χ3v) is 3.52. The minimum Gasteiger partial charge on any atom is -0.481 e. The number of carbonyl (C=O) groups excluding carboxylic acids is 1. The molecule has 0 aliphatic heterocycles. The summed E-state index contributed by atoms with van der Waals surface area (Å²) in [6, 6.07) is 0. The van der Waals surface area contributed by atoms with Gasteiger partial charge in [-0.1, -0.05) is 57.4 Å². The van der Waals surface area contributed by atoms with Crippen LogP contribution in [0.3, 0.4) is 0 Å². The first-order valence-electron chi connectivity index (χ1n) is 8.77. The lowest BCUT2D eigenvalue weighted by Crippen LogP contribution is -2.05. The maximum atomic E-state index is 11.4. The third kappa shape index (κ3) is 16.6. The van der Waals surface area contributed by atoms with Crippen LogP contribution in [0.15, 0.2) is 24.3 Å². The second kappa shape index (κ2) is 15.3. The van der Waals surface area contributed by atoms with Crippen LogP contribution in [0.2, 0.25) is 0 Å². The Bertz CT molecular complexity index is 372. The van der Waals surface area contributed by atoms with Gasteiger partial charge in [0.2, 0.25) is 0 Å². The fourth-order valence-corrected chi connectivity index (χ4v) is 2.10. The molecule has 1 N–H and O–H groups in total. The highest BCUT2D eigenvalue weighted by molar-refractivity contribution is 5.69. The minimum absolute atomic E-state index is 0.110. The van der Waals surface area contributed by atoms with E-state index in [1.54, 1.807) is 0 Å². The summed E-state index contributed by atoms with van der Waals surface area (Å²) in [6.07, 6.45) is 15.5. The highest BCUT2D eigenvalue weighted by Gasteiger charge is 2.03. The third-order valence-electron chi connectivity index (χ3n) is 3.52. The van der Waals surface area contributed by atoms with Gasteiger partial charge in [-0.25, -0.2) is 0 Å². The number of hydrogen-bond donors (Lipinski definition) is 1. The van der Waals surface area contributed by atoms with Crippen LogP contribution < -0.4 is 0 Å². The number of hydrogen-bond acceptors (Lipinski definition) is 3. The highest BCUT2D eigenvalue weighted by atomic mass is 16.5. The molecule has 0 unspecified atom stereocenters. The van der Waals surface area contributed by atoms with Crippen LogP contribution in [0.25, 0.3) is 0 Å². The van der Waals surface area contributed by atoms with E-state index in [9.17, 15) is 9.59 Å². The Labute approximate surface area is 140 Å². The molecule has 0 radical (unpaired) electrons. The molecule has 1 atom stereocenters. The van der Waals surface area contributed by atoms with Crippen LogP contribution in [0.5, 0.6) is 0 Å². The normalized spacial score (nSPS) is 12.8. The van der Waals surface area contributed by atoms with E-state index in [4.69, 9.17) is 9.84 Å². The molecule has 0 aliphatic carbocycles. The van der Waals surface area contributed by atoms with Crippen LogP contribution in [0.1, 0.15) is 71.6 Å². The predicted molar refractivity (Wildman–Crippen MR) is 93.3 cm³/mol. The number of esters is 1. The van der Waals surface area contributed by atoms with Crippen molar-refractivity contribution in [1.29, 1.82) is 0 Å². The summed E-state index contributed by atoms with van der Waals surface area (Å²) in [5.41, 5.74) is 0. The van der Waals surface area contributed by atoms with E-state index in [2.05, 4.69) is 26.0 Å². The van der Waals surface area contributed by atoms with E-state index in [0.29, 0.717) is 38.2 Å². The molecular formula is C19H32O4. The molecule has 0 saturated heterocycles. The molecule has 0 bridgehead atoms. The molecule has 0 fully saturated rings. The van der Waals surface area contributed by atoms with Gasteiger partial charge in [-0.15, -0.1) is 0 Å². The molecule has 0 rings (SSSR count). The van der Waals surface area contributed by atoms with Gasteiger partial charge in [-0.2, -0.15) is 0 Å². The summed E-state index contributed by atoms with van der Waals surface area (Å²) in [5, 5.41) is 8.48. The zero-order valence-corrected chi connectivity index (χ0v) is 14.6. The van der Waals surface area contributed by atoms with Crippen molar-refractivity contribution in [3.63, 3.8) is 0 Å². The summed E-state index contributed by atoms with van der Waals surface area (Å²) in [5.74, 6) is -0.463. The van der Waals surface area contributed by atoms with E-state index in [-0.39, 0.29) is 12.4 Å². The monoisotopic (exact) mass is 324 g/mol. The summed E-state index contributed by atoms with van der Waals surface area (Å²) >= 11 is 0. The highest BCUT2D eigenvalue weighted by Crippen LogP contribution is 2.10. The first kappa shape index (κ1) is 21.4. The number of allylic oxidation sites excluding steroid dienone is 3. The largest absolute Gasteiger partial charge is 0.481 e. The van der Waals surface area contributed by atoms with Gasteiger partial charge >= 0.3 is 11.9 Å². The van der Waals surface area contributed by atoms with Crippen molar-refractivity contribution in [3.05, 3.63) is 24.3 Å². The van der Waals surface area contributed by atoms with Crippen molar-refractivity contribution in [2.24, 2.45) is 5.92 Å². The van der Waals surface area contributed by atoms with Gasteiger partial charge in [0.05, 0.1) is 6.61 Å². The van der Waals surface area contributed by atoms with Crippen molar-refractivity contribution in [1.82, 2.24) is 0 Å². The maximum absolute atomic E-state index is 11.4. The van der Waals surface area contributed by atoms with Crippen LogP contribution in [0.4, 0.5) is 0 Å². The summed E-state index contributed by atoms with van der Waals surface area (Å²) < 4.78 is 5.08. The van der Waals surface area contributed by atoms with E-state index in [1.165, 1.54) is 25.7 Å². The van der Waals surface area contributed by atoms with Crippen molar-refractivity contribution in [2.45, 2.75) is 71.6 Å². The fraction of sp³-hybridized carbons (Fsp3) is 0.684. The summed E-state index contributed by atoms with van der Waals surface area (Å²) in [4.78, 5) is 21.7. The lowest BCUT2D eigenvalue weighted by Gasteiger charge is -2.04. The molecule has 23 heavy (non-hydrogen) atoms. The average molecular weight is 324 g/mol. The Morgan fingerprint density at radius 3 is 2.52 bits per heavy atom. The number of carboxylic acids is 1. The van der Waals surface area contributed by atoms with Gasteiger partial charge in [-0.05, 0) is 31.6 Å². The molecule has 0 spiro atoms. The minimum atomic E-state index is -0.823. The number of carbonyl (C=O) groups is 2. The van der Waals surface area contributed by atoms with Crippen molar-refractivity contribution >= 4 is 11.9 Å². The first-order chi connectivity index (χ1) is 11.1. The van der Waals surface area contributed by atoms with Gasteiger partial charge in [-0.3, -0.25) is 9.59 Å². The summed E-state index contributed by atoms with van der Waals surface area (Å²) in [7, 11) is 0. The average Bonchev–Trinajstić information content (AvgIpc) is 2.50. The second-order valence-electron chi connectivity index (χ2n) is 5.90. The van der Waals surface area contributed by atoms with E-state index < -0.39 is 5.97 Å². The standard InChI is InChI=1S/C19H32O4/c1-3-4-7-12-17(2)13-8-5-6-11-16-23-19(22)15-10-9-14-18(20)21/h5-6,8,13,17H,3-4,7,9-12,14-16H2,1-2H3,(H,20,21)/b6-5-,13-8+/t17-/m0/s1. The van der Waals surface area contributed by atoms with Gasteiger partial charge < -0.3 is 9.84 Å². The van der Waals surface area contributed by atoms with Gasteiger partial charge in [0.15, 0.2) is 0 Å². The molecule has 0 aromatic carbocycles. The number of unbranched alkanes of at least 4 members (excludes halogenated alkanes) is 3. The topological polar surface area (TPSA) is 63.6 Å².